The van der Waals surface area contributed by atoms with Crippen LogP contribution in [0.25, 0.3) is 0 Å². The predicted octanol–water partition coefficient (Wildman–Crippen LogP) is 5.49. The molecule has 0 radical (unpaired) electrons. The van der Waals surface area contributed by atoms with E-state index in [9.17, 15) is 4.79 Å². The number of rotatable bonds is 6. The summed E-state index contributed by atoms with van der Waals surface area (Å²) in [5.74, 6) is 0. The Morgan fingerprint density at radius 1 is 1.05 bits per heavy atom. The molecule has 0 fully saturated rings. The third-order valence-electron chi connectivity index (χ3n) is 6.14. The molecule has 0 spiro atoms. The monoisotopic (exact) mass is 301 g/mol. The molecule has 0 amide bonds. The molecule has 0 unspecified atom stereocenters. The van der Waals surface area contributed by atoms with Crippen LogP contribution in [0, 0.1) is 0 Å². The van der Waals surface area contributed by atoms with E-state index in [0.29, 0.717) is 0 Å². The molecule has 1 heterocycles. The zero-order valence-corrected chi connectivity index (χ0v) is 14.9. The van der Waals surface area contributed by atoms with Gasteiger partial charge < -0.3 is 5.32 Å². The second-order valence-electron chi connectivity index (χ2n) is 6.84. The van der Waals surface area contributed by atoms with Gasteiger partial charge in [0.25, 0.3) is 0 Å². The van der Waals surface area contributed by atoms with Crippen molar-refractivity contribution >= 4 is 12.0 Å². The molecule has 0 aliphatic carbocycles. The Balaban J connectivity index is 2.68. The van der Waals surface area contributed by atoms with Crippen molar-refractivity contribution in [2.24, 2.45) is 0 Å². The largest absolute Gasteiger partial charge is 0.379 e. The highest BCUT2D eigenvalue weighted by molar-refractivity contribution is 5.80. The molecule has 0 saturated carbocycles. The zero-order valence-electron chi connectivity index (χ0n) is 14.9. The number of hydrogen-bond acceptors (Lipinski definition) is 2. The van der Waals surface area contributed by atoms with Gasteiger partial charge in [-0.25, -0.2) is 0 Å². The average molecular weight is 301 g/mol. The Hall–Kier alpha value is -1.31. The number of hydrogen-bond donors (Lipinski definition) is 1. The molecule has 2 rings (SSSR count). The first-order valence-corrected chi connectivity index (χ1v) is 8.94. The lowest BCUT2D eigenvalue weighted by Crippen LogP contribution is -2.49. The number of aryl methyl sites for hydroxylation is 1. The summed E-state index contributed by atoms with van der Waals surface area (Å²) in [4.78, 5) is 11.5. The Morgan fingerprint density at radius 2 is 1.68 bits per heavy atom. The van der Waals surface area contributed by atoms with E-state index in [1.165, 1.54) is 11.3 Å². The maximum atomic E-state index is 11.5. The van der Waals surface area contributed by atoms with Crippen molar-refractivity contribution in [2.45, 2.75) is 84.1 Å². The van der Waals surface area contributed by atoms with Crippen LogP contribution in [-0.2, 0) is 11.8 Å². The first-order chi connectivity index (χ1) is 10.5. The molecule has 0 bridgehead atoms. The van der Waals surface area contributed by atoms with Crippen LogP contribution in [0.4, 0.5) is 5.69 Å². The molecule has 1 N–H and O–H groups in total. The van der Waals surface area contributed by atoms with E-state index in [2.05, 4.69) is 52.1 Å². The maximum Gasteiger partial charge on any atom is 0.150 e. The van der Waals surface area contributed by atoms with Crippen LogP contribution in [0.3, 0.4) is 0 Å². The first-order valence-electron chi connectivity index (χ1n) is 8.94. The van der Waals surface area contributed by atoms with E-state index < -0.39 is 0 Å². The van der Waals surface area contributed by atoms with Gasteiger partial charge in [0.1, 0.15) is 6.29 Å². The summed E-state index contributed by atoms with van der Waals surface area (Å²) in [6, 6.07) is 4.40. The molecular formula is C20H31NO. The van der Waals surface area contributed by atoms with E-state index in [1.807, 2.05) is 0 Å². The summed E-state index contributed by atoms with van der Waals surface area (Å²) < 4.78 is 0. The van der Waals surface area contributed by atoms with E-state index in [1.54, 1.807) is 0 Å². The number of anilines is 1. The van der Waals surface area contributed by atoms with Crippen LogP contribution in [0.2, 0.25) is 0 Å². The van der Waals surface area contributed by atoms with Gasteiger partial charge in [0, 0.05) is 16.8 Å². The smallest absolute Gasteiger partial charge is 0.150 e. The van der Waals surface area contributed by atoms with Crippen LogP contribution in [-0.4, -0.2) is 11.8 Å². The molecule has 122 valence electrons. The third-order valence-corrected chi connectivity index (χ3v) is 6.14. The van der Waals surface area contributed by atoms with Gasteiger partial charge in [0.15, 0.2) is 0 Å². The summed E-state index contributed by atoms with van der Waals surface area (Å²) in [6.45, 7) is 11.3. The van der Waals surface area contributed by atoms with Gasteiger partial charge in [-0.1, -0.05) is 34.6 Å². The molecule has 2 heteroatoms. The van der Waals surface area contributed by atoms with E-state index >= 15 is 0 Å². The average Bonchev–Trinajstić information content (AvgIpc) is 2.59. The highest BCUT2D eigenvalue weighted by Gasteiger charge is 2.44. The SMILES string of the molecule is CCc1cc2c(cc1C=O)C(CC)(CC)CC(CC)(CC)N2. The number of aldehydes is 1. The lowest BCUT2D eigenvalue weighted by Gasteiger charge is -2.50. The van der Waals surface area contributed by atoms with Gasteiger partial charge >= 0.3 is 0 Å². The predicted molar refractivity (Wildman–Crippen MR) is 95.0 cm³/mol. The van der Waals surface area contributed by atoms with Crippen LogP contribution < -0.4 is 5.32 Å². The second-order valence-corrected chi connectivity index (χ2v) is 6.84. The summed E-state index contributed by atoms with van der Waals surface area (Å²) in [5, 5.41) is 3.84. The molecule has 1 aliphatic heterocycles. The first kappa shape index (κ1) is 17.1. The van der Waals surface area contributed by atoms with Crippen molar-refractivity contribution < 1.29 is 4.79 Å². The van der Waals surface area contributed by atoms with Gasteiger partial charge in [-0.05, 0) is 67.2 Å². The minimum absolute atomic E-state index is 0.187. The standard InChI is InChI=1S/C20H31NO/c1-6-15-12-18-17(11-16(15)13-22)19(7-2,8-3)14-20(9-4,10-5)21-18/h11-13,21H,6-10,14H2,1-5H3. The van der Waals surface area contributed by atoms with Crippen LogP contribution in [0.5, 0.6) is 0 Å². The minimum atomic E-state index is 0.187. The lowest BCUT2D eigenvalue weighted by molar-refractivity contribution is 0.112. The Morgan fingerprint density at radius 3 is 2.14 bits per heavy atom. The molecule has 0 saturated heterocycles. The van der Waals surface area contributed by atoms with Crippen molar-refractivity contribution in [3.8, 4) is 0 Å². The molecule has 1 aromatic rings. The molecule has 1 aromatic carbocycles. The molecule has 1 aliphatic rings. The quantitative estimate of drug-likeness (QED) is 0.703. The molecular weight excluding hydrogens is 270 g/mol. The highest BCUT2D eigenvalue weighted by atomic mass is 16.1. The van der Waals surface area contributed by atoms with Gasteiger partial charge in [0.05, 0.1) is 0 Å². The lowest BCUT2D eigenvalue weighted by atomic mass is 9.63. The fourth-order valence-corrected chi connectivity index (χ4v) is 4.25. The second kappa shape index (κ2) is 6.44. The summed E-state index contributed by atoms with van der Waals surface area (Å²) in [6.07, 6.45) is 7.63. The topological polar surface area (TPSA) is 29.1 Å². The minimum Gasteiger partial charge on any atom is -0.379 e. The normalized spacial score (nSPS) is 18.4. The van der Waals surface area contributed by atoms with Crippen LogP contribution in [0.15, 0.2) is 12.1 Å². The van der Waals surface area contributed by atoms with Crippen molar-refractivity contribution in [1.29, 1.82) is 0 Å². The van der Waals surface area contributed by atoms with Crippen molar-refractivity contribution in [3.05, 3.63) is 28.8 Å². The number of carbonyl (C=O) groups is 1. The number of carbonyl (C=O) groups excluding carboxylic acids is 1. The van der Waals surface area contributed by atoms with E-state index in [4.69, 9.17) is 0 Å². The Kier molecular flexibility index (Phi) is 4.99. The third kappa shape index (κ3) is 2.57. The van der Waals surface area contributed by atoms with E-state index in [0.717, 1.165) is 55.9 Å². The van der Waals surface area contributed by atoms with Crippen LogP contribution >= 0.6 is 0 Å². The van der Waals surface area contributed by atoms with Crippen molar-refractivity contribution in [2.75, 3.05) is 5.32 Å². The zero-order chi connectivity index (χ0) is 16.4. The summed E-state index contributed by atoms with van der Waals surface area (Å²) in [5.41, 5.74) is 5.03. The molecule has 0 aromatic heterocycles. The fraction of sp³-hybridized carbons (Fsp3) is 0.650. The van der Waals surface area contributed by atoms with Crippen molar-refractivity contribution in [3.63, 3.8) is 0 Å². The summed E-state index contributed by atoms with van der Waals surface area (Å²) >= 11 is 0. The fourth-order valence-electron chi connectivity index (χ4n) is 4.25. The van der Waals surface area contributed by atoms with Gasteiger partial charge in [-0.3, -0.25) is 4.79 Å². The Bertz CT molecular complexity index is 539. The number of nitrogens with one attached hydrogen (secondary N) is 1. The van der Waals surface area contributed by atoms with E-state index in [-0.39, 0.29) is 11.0 Å². The van der Waals surface area contributed by atoms with Crippen LogP contribution in [0.1, 0.15) is 88.2 Å². The van der Waals surface area contributed by atoms with Crippen molar-refractivity contribution in [1.82, 2.24) is 0 Å². The van der Waals surface area contributed by atoms with Gasteiger partial charge in [-0.15, -0.1) is 0 Å². The van der Waals surface area contributed by atoms with Gasteiger partial charge in [0.2, 0.25) is 0 Å². The maximum absolute atomic E-state index is 11.5. The van der Waals surface area contributed by atoms with Gasteiger partial charge in [-0.2, -0.15) is 0 Å². The Labute approximate surface area is 135 Å². The highest BCUT2D eigenvalue weighted by Crippen LogP contribution is 2.50. The molecule has 2 nitrogen and oxygen atoms in total. The summed E-state index contributed by atoms with van der Waals surface area (Å²) in [7, 11) is 0. The molecule has 22 heavy (non-hydrogen) atoms. The number of fused-ring (bicyclic) bond motifs is 1. The molecule has 0 atom stereocenters. The number of benzene rings is 1.